The smallest absolute Gasteiger partial charge is 0.270 e. The number of benzene rings is 2. The number of anilines is 1. The maximum Gasteiger partial charge on any atom is 0.270 e. The van der Waals surface area contributed by atoms with E-state index in [1.165, 1.54) is 6.07 Å². The van der Waals surface area contributed by atoms with Gasteiger partial charge in [-0.2, -0.15) is 0 Å². The van der Waals surface area contributed by atoms with Crippen LogP contribution in [0.1, 0.15) is 17.2 Å². The van der Waals surface area contributed by atoms with Crippen molar-refractivity contribution in [3.63, 3.8) is 0 Å². The van der Waals surface area contributed by atoms with Gasteiger partial charge in [0.1, 0.15) is 11.9 Å². The highest BCUT2D eigenvalue weighted by Crippen LogP contribution is 2.21. The SMILES string of the molecule is Cc1cc(NC(C(=O)NO)c2ccccc2)ccc1F. The molecule has 3 N–H and O–H groups in total. The van der Waals surface area contributed by atoms with Gasteiger partial charge in [-0.25, -0.2) is 9.87 Å². The third-order valence-corrected chi connectivity index (χ3v) is 2.97. The second kappa shape index (κ2) is 6.16. The summed E-state index contributed by atoms with van der Waals surface area (Å²) in [4.78, 5) is 11.8. The first-order valence-electron chi connectivity index (χ1n) is 6.13. The Labute approximate surface area is 116 Å². The van der Waals surface area contributed by atoms with Gasteiger partial charge >= 0.3 is 0 Å². The summed E-state index contributed by atoms with van der Waals surface area (Å²) in [5, 5.41) is 11.8. The number of carbonyl (C=O) groups is 1. The van der Waals surface area contributed by atoms with E-state index in [0.717, 1.165) is 0 Å². The molecule has 0 aliphatic carbocycles. The lowest BCUT2D eigenvalue weighted by Gasteiger charge is -2.18. The topological polar surface area (TPSA) is 61.4 Å². The Morgan fingerprint density at radius 2 is 1.90 bits per heavy atom. The normalized spacial score (nSPS) is 11.8. The zero-order valence-corrected chi connectivity index (χ0v) is 10.9. The van der Waals surface area contributed by atoms with Crippen LogP contribution in [0.15, 0.2) is 48.5 Å². The predicted molar refractivity (Wildman–Crippen MR) is 73.9 cm³/mol. The molecular formula is C15H15FN2O2. The first-order valence-corrected chi connectivity index (χ1v) is 6.13. The zero-order valence-electron chi connectivity index (χ0n) is 10.9. The Hall–Kier alpha value is -2.40. The fraction of sp³-hybridized carbons (Fsp3) is 0.133. The molecule has 1 atom stereocenters. The van der Waals surface area contributed by atoms with Gasteiger partial charge in [-0.15, -0.1) is 0 Å². The molecule has 0 spiro atoms. The Kier molecular flexibility index (Phi) is 4.32. The van der Waals surface area contributed by atoms with Gasteiger partial charge in [0, 0.05) is 5.69 Å². The average Bonchev–Trinajstić information content (AvgIpc) is 2.48. The van der Waals surface area contributed by atoms with Crippen molar-refractivity contribution in [3.8, 4) is 0 Å². The van der Waals surface area contributed by atoms with E-state index in [9.17, 15) is 9.18 Å². The lowest BCUT2D eigenvalue weighted by Crippen LogP contribution is -2.31. The first kappa shape index (κ1) is 14.0. The number of halogens is 1. The van der Waals surface area contributed by atoms with Crippen LogP contribution < -0.4 is 10.8 Å². The van der Waals surface area contributed by atoms with Crippen LogP contribution in [0.25, 0.3) is 0 Å². The van der Waals surface area contributed by atoms with E-state index in [1.54, 1.807) is 48.8 Å². The van der Waals surface area contributed by atoms with Gasteiger partial charge in [0.25, 0.3) is 5.91 Å². The maximum absolute atomic E-state index is 13.2. The number of amides is 1. The van der Waals surface area contributed by atoms with Crippen LogP contribution in [0.4, 0.5) is 10.1 Å². The van der Waals surface area contributed by atoms with Gasteiger partial charge in [-0.1, -0.05) is 30.3 Å². The van der Waals surface area contributed by atoms with Crippen molar-refractivity contribution in [3.05, 3.63) is 65.5 Å². The van der Waals surface area contributed by atoms with Gasteiger partial charge in [0.05, 0.1) is 0 Å². The Balaban J connectivity index is 2.28. The fourth-order valence-corrected chi connectivity index (χ4v) is 1.91. The number of hydrogen-bond acceptors (Lipinski definition) is 3. The van der Waals surface area contributed by atoms with Crippen LogP contribution in [0.3, 0.4) is 0 Å². The van der Waals surface area contributed by atoms with Crippen LogP contribution in [0, 0.1) is 12.7 Å². The molecule has 2 rings (SSSR count). The predicted octanol–water partition coefficient (Wildman–Crippen LogP) is 2.79. The minimum atomic E-state index is -0.758. The lowest BCUT2D eigenvalue weighted by molar-refractivity contribution is -0.130. The molecule has 0 aromatic heterocycles. The molecule has 0 bridgehead atoms. The van der Waals surface area contributed by atoms with Crippen LogP contribution in [0.5, 0.6) is 0 Å². The second-order valence-corrected chi connectivity index (χ2v) is 4.43. The number of nitrogens with one attached hydrogen (secondary N) is 2. The summed E-state index contributed by atoms with van der Waals surface area (Å²) >= 11 is 0. The first-order chi connectivity index (χ1) is 9.61. The Morgan fingerprint density at radius 1 is 1.20 bits per heavy atom. The highest BCUT2D eigenvalue weighted by Gasteiger charge is 2.19. The zero-order chi connectivity index (χ0) is 14.5. The van der Waals surface area contributed by atoms with E-state index >= 15 is 0 Å². The summed E-state index contributed by atoms with van der Waals surface area (Å²) in [6.45, 7) is 1.64. The van der Waals surface area contributed by atoms with E-state index in [-0.39, 0.29) is 5.82 Å². The third-order valence-electron chi connectivity index (χ3n) is 2.97. The molecule has 0 saturated carbocycles. The summed E-state index contributed by atoms with van der Waals surface area (Å²) in [6.07, 6.45) is 0. The van der Waals surface area contributed by atoms with E-state index in [4.69, 9.17) is 5.21 Å². The molecule has 2 aromatic carbocycles. The van der Waals surface area contributed by atoms with Crippen molar-refractivity contribution in [1.82, 2.24) is 5.48 Å². The summed E-state index contributed by atoms with van der Waals surface area (Å²) in [7, 11) is 0. The summed E-state index contributed by atoms with van der Waals surface area (Å²) in [5.41, 5.74) is 3.41. The molecule has 2 aromatic rings. The third kappa shape index (κ3) is 3.13. The highest BCUT2D eigenvalue weighted by molar-refractivity contribution is 5.85. The summed E-state index contributed by atoms with van der Waals surface area (Å²) in [5.74, 6) is -0.892. The van der Waals surface area contributed by atoms with Crippen molar-refractivity contribution in [1.29, 1.82) is 0 Å². The summed E-state index contributed by atoms with van der Waals surface area (Å²) in [6, 6.07) is 12.7. The molecule has 4 nitrogen and oxygen atoms in total. The van der Waals surface area contributed by atoms with Crippen LogP contribution in [-0.2, 0) is 4.79 Å². The van der Waals surface area contributed by atoms with Crippen molar-refractivity contribution < 1.29 is 14.4 Å². The quantitative estimate of drug-likeness (QED) is 0.593. The minimum absolute atomic E-state index is 0.307. The molecule has 0 saturated heterocycles. The van der Waals surface area contributed by atoms with Crippen molar-refractivity contribution in [2.45, 2.75) is 13.0 Å². The van der Waals surface area contributed by atoms with E-state index in [0.29, 0.717) is 16.8 Å². The molecule has 0 aliphatic heterocycles. The number of hydroxylamine groups is 1. The molecule has 0 radical (unpaired) electrons. The maximum atomic E-state index is 13.2. The van der Waals surface area contributed by atoms with Gasteiger partial charge in [-0.05, 0) is 36.2 Å². The Bertz CT molecular complexity index is 602. The molecule has 1 unspecified atom stereocenters. The van der Waals surface area contributed by atoms with Gasteiger partial charge in [0.15, 0.2) is 0 Å². The molecule has 5 heteroatoms. The minimum Gasteiger partial charge on any atom is -0.370 e. The molecule has 20 heavy (non-hydrogen) atoms. The molecule has 0 heterocycles. The van der Waals surface area contributed by atoms with E-state index < -0.39 is 11.9 Å². The number of aryl methyl sites for hydroxylation is 1. The van der Waals surface area contributed by atoms with Crippen LogP contribution >= 0.6 is 0 Å². The van der Waals surface area contributed by atoms with Crippen molar-refractivity contribution in [2.24, 2.45) is 0 Å². The van der Waals surface area contributed by atoms with E-state index in [2.05, 4.69) is 5.32 Å². The standard InChI is InChI=1S/C15H15FN2O2/c1-10-9-12(7-8-13(10)16)17-14(15(19)18-20)11-5-3-2-4-6-11/h2-9,14,17,20H,1H3,(H,18,19). The molecular weight excluding hydrogens is 259 g/mol. The van der Waals surface area contributed by atoms with E-state index in [1.807, 2.05) is 6.07 Å². The molecule has 0 aliphatic rings. The van der Waals surface area contributed by atoms with Crippen molar-refractivity contribution in [2.75, 3.05) is 5.32 Å². The number of hydrogen-bond donors (Lipinski definition) is 3. The lowest BCUT2D eigenvalue weighted by atomic mass is 10.1. The second-order valence-electron chi connectivity index (χ2n) is 4.43. The summed E-state index contributed by atoms with van der Waals surface area (Å²) < 4.78 is 13.2. The molecule has 1 amide bonds. The number of carbonyl (C=O) groups excluding carboxylic acids is 1. The Morgan fingerprint density at radius 3 is 2.50 bits per heavy atom. The van der Waals surface area contributed by atoms with Gasteiger partial charge in [-0.3, -0.25) is 10.0 Å². The van der Waals surface area contributed by atoms with Crippen molar-refractivity contribution >= 4 is 11.6 Å². The molecule has 0 fully saturated rings. The molecule has 104 valence electrons. The highest BCUT2D eigenvalue weighted by atomic mass is 19.1. The number of rotatable bonds is 4. The fourth-order valence-electron chi connectivity index (χ4n) is 1.91. The largest absolute Gasteiger partial charge is 0.370 e. The average molecular weight is 274 g/mol. The van der Waals surface area contributed by atoms with Crippen LogP contribution in [-0.4, -0.2) is 11.1 Å². The van der Waals surface area contributed by atoms with Gasteiger partial charge < -0.3 is 5.32 Å². The van der Waals surface area contributed by atoms with Gasteiger partial charge in [0.2, 0.25) is 0 Å². The van der Waals surface area contributed by atoms with Crippen LogP contribution in [0.2, 0.25) is 0 Å². The monoisotopic (exact) mass is 274 g/mol.